The standard InChI is InChI=1S/C11H12N2O3/c1-16-11(14)5-4-10-3-2-7-13(9-10)8-6-12-15/h2-7,9H,8H2,1H3/p+1/b5-4+,12-6+. The van der Waals surface area contributed by atoms with Crippen molar-refractivity contribution in [2.75, 3.05) is 7.11 Å². The molecule has 1 heterocycles. The summed E-state index contributed by atoms with van der Waals surface area (Å²) in [5.41, 5.74) is 0.860. The first-order valence-corrected chi connectivity index (χ1v) is 4.67. The highest BCUT2D eigenvalue weighted by atomic mass is 16.5. The van der Waals surface area contributed by atoms with Gasteiger partial charge in [-0.2, -0.15) is 4.57 Å². The summed E-state index contributed by atoms with van der Waals surface area (Å²) in [4.78, 5) is 10.9. The fourth-order valence-electron chi connectivity index (χ4n) is 1.12. The summed E-state index contributed by atoms with van der Waals surface area (Å²) in [5, 5.41) is 11.2. The van der Waals surface area contributed by atoms with Crippen molar-refractivity contribution in [3.8, 4) is 0 Å². The minimum atomic E-state index is -0.396. The summed E-state index contributed by atoms with van der Waals surface area (Å²) in [6.45, 7) is 0.469. The van der Waals surface area contributed by atoms with E-state index in [4.69, 9.17) is 5.21 Å². The van der Waals surface area contributed by atoms with Gasteiger partial charge < -0.3 is 9.94 Å². The highest BCUT2D eigenvalue weighted by Crippen LogP contribution is 1.97. The second-order valence-electron chi connectivity index (χ2n) is 2.99. The second kappa shape index (κ2) is 6.34. The lowest BCUT2D eigenvalue weighted by molar-refractivity contribution is -0.681. The number of oxime groups is 1. The van der Waals surface area contributed by atoms with E-state index >= 15 is 0 Å². The highest BCUT2D eigenvalue weighted by molar-refractivity contribution is 5.86. The molecule has 0 unspecified atom stereocenters. The predicted octanol–water partition coefficient (Wildman–Crippen LogP) is 0.620. The number of carbonyl (C=O) groups is 1. The van der Waals surface area contributed by atoms with Crippen LogP contribution >= 0.6 is 0 Å². The van der Waals surface area contributed by atoms with Crippen molar-refractivity contribution in [1.29, 1.82) is 0 Å². The molecule has 0 atom stereocenters. The van der Waals surface area contributed by atoms with Crippen molar-refractivity contribution >= 4 is 18.3 Å². The molecule has 16 heavy (non-hydrogen) atoms. The topological polar surface area (TPSA) is 62.8 Å². The Bertz CT molecular complexity index is 413. The zero-order valence-electron chi connectivity index (χ0n) is 8.91. The monoisotopic (exact) mass is 221 g/mol. The van der Waals surface area contributed by atoms with E-state index in [2.05, 4.69) is 9.89 Å². The number of hydrogen-bond donors (Lipinski definition) is 1. The third kappa shape index (κ3) is 3.91. The minimum absolute atomic E-state index is 0.396. The van der Waals surface area contributed by atoms with Gasteiger partial charge in [0.05, 0.1) is 7.11 Å². The van der Waals surface area contributed by atoms with Gasteiger partial charge in [-0.25, -0.2) is 4.79 Å². The lowest BCUT2D eigenvalue weighted by atomic mass is 10.2. The number of carbonyl (C=O) groups excluding carboxylic acids is 1. The largest absolute Gasteiger partial charge is 0.466 e. The van der Waals surface area contributed by atoms with Gasteiger partial charge in [-0.15, -0.1) is 0 Å². The van der Waals surface area contributed by atoms with Gasteiger partial charge in [-0.05, 0) is 12.1 Å². The number of pyridine rings is 1. The number of rotatable bonds is 4. The fraction of sp³-hybridized carbons (Fsp3) is 0.182. The molecule has 0 saturated heterocycles. The Kier molecular flexibility index (Phi) is 4.72. The molecule has 0 aromatic carbocycles. The van der Waals surface area contributed by atoms with E-state index < -0.39 is 5.97 Å². The molecule has 1 N–H and O–H groups in total. The first-order chi connectivity index (χ1) is 7.76. The molecule has 0 bridgehead atoms. The van der Waals surface area contributed by atoms with Crippen LogP contribution in [0.15, 0.2) is 35.8 Å². The zero-order chi connectivity index (χ0) is 11.8. The number of methoxy groups -OCH3 is 1. The maximum Gasteiger partial charge on any atom is 0.330 e. The van der Waals surface area contributed by atoms with E-state index in [0.29, 0.717) is 6.54 Å². The van der Waals surface area contributed by atoms with Gasteiger partial charge in [0.2, 0.25) is 0 Å². The van der Waals surface area contributed by atoms with Gasteiger partial charge in [0.1, 0.15) is 6.21 Å². The number of esters is 1. The number of aromatic nitrogens is 1. The van der Waals surface area contributed by atoms with Gasteiger partial charge in [0.15, 0.2) is 18.9 Å². The minimum Gasteiger partial charge on any atom is -0.466 e. The average molecular weight is 221 g/mol. The second-order valence-corrected chi connectivity index (χ2v) is 2.99. The fourth-order valence-corrected chi connectivity index (χ4v) is 1.12. The summed E-state index contributed by atoms with van der Waals surface area (Å²) in [7, 11) is 1.33. The van der Waals surface area contributed by atoms with Crippen LogP contribution in [0.1, 0.15) is 5.56 Å². The van der Waals surface area contributed by atoms with Gasteiger partial charge >= 0.3 is 5.97 Å². The molecule has 0 spiro atoms. The molecule has 0 radical (unpaired) electrons. The van der Waals surface area contributed by atoms with Gasteiger partial charge in [0.25, 0.3) is 0 Å². The van der Waals surface area contributed by atoms with Crippen LogP contribution in [-0.4, -0.2) is 24.5 Å². The summed E-state index contributed by atoms with van der Waals surface area (Å²) in [6, 6.07) is 3.69. The summed E-state index contributed by atoms with van der Waals surface area (Å²) < 4.78 is 6.30. The number of ether oxygens (including phenoxy) is 1. The van der Waals surface area contributed by atoms with Crippen molar-refractivity contribution in [1.82, 2.24) is 0 Å². The Balaban J connectivity index is 2.74. The van der Waals surface area contributed by atoms with Crippen LogP contribution in [0.25, 0.3) is 6.08 Å². The van der Waals surface area contributed by atoms with E-state index in [1.165, 1.54) is 19.4 Å². The van der Waals surface area contributed by atoms with E-state index in [-0.39, 0.29) is 0 Å². The van der Waals surface area contributed by atoms with Gasteiger partial charge in [-0.1, -0.05) is 5.16 Å². The molecule has 0 aliphatic rings. The summed E-state index contributed by atoms with van der Waals surface area (Å²) in [5.74, 6) is -0.396. The molecule has 0 saturated carbocycles. The molecular formula is C11H13N2O3+. The Hall–Kier alpha value is -2.17. The summed E-state index contributed by atoms with van der Waals surface area (Å²) in [6.07, 6.45) is 8.02. The molecule has 1 aromatic heterocycles. The molecule has 1 aromatic rings. The van der Waals surface area contributed by atoms with E-state index in [0.717, 1.165) is 5.56 Å². The van der Waals surface area contributed by atoms with Crippen LogP contribution in [-0.2, 0) is 16.1 Å². The molecule has 84 valence electrons. The van der Waals surface area contributed by atoms with E-state index in [1.54, 1.807) is 6.08 Å². The van der Waals surface area contributed by atoms with Crippen molar-refractivity contribution in [3.05, 3.63) is 36.2 Å². The van der Waals surface area contributed by atoms with E-state index in [1.807, 2.05) is 29.1 Å². The van der Waals surface area contributed by atoms with Crippen LogP contribution in [0, 0.1) is 0 Å². The van der Waals surface area contributed by atoms with Gasteiger partial charge in [0, 0.05) is 17.7 Å². The van der Waals surface area contributed by atoms with Crippen molar-refractivity contribution in [2.45, 2.75) is 6.54 Å². The SMILES string of the molecule is COC(=O)/C=C/c1ccc[n+](C/C=N/O)c1. The quantitative estimate of drug-likeness (QED) is 0.202. The molecule has 0 aliphatic carbocycles. The molecule has 0 fully saturated rings. The first-order valence-electron chi connectivity index (χ1n) is 4.67. The van der Waals surface area contributed by atoms with Crippen molar-refractivity contribution < 1.29 is 19.3 Å². The molecule has 5 heteroatoms. The number of nitrogens with zero attached hydrogens (tertiary/aromatic N) is 2. The van der Waals surface area contributed by atoms with Crippen molar-refractivity contribution in [3.63, 3.8) is 0 Å². The lowest BCUT2D eigenvalue weighted by Crippen LogP contribution is -2.33. The molecule has 1 rings (SSSR count). The van der Waals surface area contributed by atoms with Crippen LogP contribution in [0.3, 0.4) is 0 Å². The number of hydrogen-bond acceptors (Lipinski definition) is 4. The van der Waals surface area contributed by atoms with Crippen LogP contribution in [0.2, 0.25) is 0 Å². The summed E-state index contributed by atoms with van der Waals surface area (Å²) >= 11 is 0. The first kappa shape index (κ1) is 11.9. The lowest BCUT2D eigenvalue weighted by Gasteiger charge is -1.93. The Labute approximate surface area is 93.3 Å². The smallest absolute Gasteiger partial charge is 0.330 e. The third-order valence-corrected chi connectivity index (χ3v) is 1.87. The van der Waals surface area contributed by atoms with Crippen molar-refractivity contribution in [2.24, 2.45) is 5.16 Å². The molecular weight excluding hydrogens is 208 g/mol. The van der Waals surface area contributed by atoms with Gasteiger partial charge in [-0.3, -0.25) is 0 Å². The average Bonchev–Trinajstić information content (AvgIpc) is 2.34. The van der Waals surface area contributed by atoms with Crippen LogP contribution in [0.4, 0.5) is 0 Å². The van der Waals surface area contributed by atoms with Crippen LogP contribution < -0.4 is 4.57 Å². The Morgan fingerprint density at radius 1 is 1.69 bits per heavy atom. The van der Waals surface area contributed by atoms with E-state index in [9.17, 15) is 4.79 Å². The third-order valence-electron chi connectivity index (χ3n) is 1.87. The maximum atomic E-state index is 10.9. The maximum absolute atomic E-state index is 10.9. The highest BCUT2D eigenvalue weighted by Gasteiger charge is 1.99. The normalized spacial score (nSPS) is 11.1. The molecule has 0 aliphatic heterocycles. The molecule has 5 nitrogen and oxygen atoms in total. The molecule has 0 amide bonds. The predicted molar refractivity (Wildman–Crippen MR) is 58.0 cm³/mol. The van der Waals surface area contributed by atoms with Crippen LogP contribution in [0.5, 0.6) is 0 Å². The Morgan fingerprint density at radius 3 is 3.19 bits per heavy atom. The Morgan fingerprint density at radius 2 is 2.50 bits per heavy atom. The zero-order valence-corrected chi connectivity index (χ0v) is 8.91.